The van der Waals surface area contributed by atoms with Crippen LogP contribution in [0.25, 0.3) is 0 Å². The summed E-state index contributed by atoms with van der Waals surface area (Å²) in [6.45, 7) is 3.60. The summed E-state index contributed by atoms with van der Waals surface area (Å²) in [4.78, 5) is 11.2. The third-order valence-corrected chi connectivity index (χ3v) is 3.33. The van der Waals surface area contributed by atoms with Crippen LogP contribution in [0.2, 0.25) is 0 Å². The molecule has 0 aromatic carbocycles. The minimum atomic E-state index is -0.989. The number of carbonyl (C=O) groups is 1. The van der Waals surface area contributed by atoms with Crippen molar-refractivity contribution in [3.63, 3.8) is 0 Å². The zero-order valence-electron chi connectivity index (χ0n) is 14.9. The monoisotopic (exact) mass is 322 g/mol. The molecule has 0 saturated carbocycles. The molecule has 0 radical (unpaired) electrons. The Hall–Kier alpha value is -1.35. The molecule has 0 saturated heterocycles. The molecular formula is C20H34O3. The summed E-state index contributed by atoms with van der Waals surface area (Å²) in [5.41, 5.74) is 0. The number of carbonyl (C=O) groups excluding carboxylic acids is 1. The summed E-state index contributed by atoms with van der Waals surface area (Å²) in [6.07, 6.45) is 22.5. The maximum Gasteiger partial charge on any atom is 0.308 e. The number of aliphatic hydroxyl groups excluding tert-OH is 1. The summed E-state index contributed by atoms with van der Waals surface area (Å²) in [5.74, 6) is -0.304. The van der Waals surface area contributed by atoms with Gasteiger partial charge in [0.15, 0.2) is 6.29 Å². The molecule has 0 aliphatic rings. The quantitative estimate of drug-likeness (QED) is 0.200. The second-order valence-electron chi connectivity index (χ2n) is 5.69. The Labute approximate surface area is 142 Å². The number of esters is 1. The van der Waals surface area contributed by atoms with Gasteiger partial charge in [0.2, 0.25) is 0 Å². The third kappa shape index (κ3) is 18.6. The molecule has 0 aliphatic heterocycles. The fraction of sp³-hybridized carbons (Fsp3) is 0.650. The number of rotatable bonds is 14. The molecule has 0 aromatic rings. The predicted molar refractivity (Wildman–Crippen MR) is 97.0 cm³/mol. The molecule has 132 valence electrons. The van der Waals surface area contributed by atoms with Crippen molar-refractivity contribution < 1.29 is 14.6 Å². The van der Waals surface area contributed by atoms with Crippen molar-refractivity contribution in [1.82, 2.24) is 0 Å². The van der Waals surface area contributed by atoms with E-state index in [4.69, 9.17) is 5.11 Å². The number of aliphatic hydroxyl groups is 1. The first kappa shape index (κ1) is 21.6. The second kappa shape index (κ2) is 17.0. The van der Waals surface area contributed by atoms with Crippen LogP contribution < -0.4 is 0 Å². The Kier molecular flexibility index (Phi) is 16.0. The number of hydrogen-bond acceptors (Lipinski definition) is 3. The van der Waals surface area contributed by atoms with Crippen molar-refractivity contribution in [2.24, 2.45) is 0 Å². The highest BCUT2D eigenvalue weighted by Gasteiger charge is 2.05. The van der Waals surface area contributed by atoms with Crippen molar-refractivity contribution >= 4 is 5.97 Å². The summed E-state index contributed by atoms with van der Waals surface area (Å²) in [6, 6.07) is 0. The van der Waals surface area contributed by atoms with E-state index in [1.807, 2.05) is 0 Å². The lowest BCUT2D eigenvalue weighted by Gasteiger charge is -2.06. The highest BCUT2D eigenvalue weighted by molar-refractivity contribution is 5.69. The van der Waals surface area contributed by atoms with Crippen LogP contribution in [0, 0.1) is 0 Å². The molecule has 0 amide bonds. The fourth-order valence-corrected chi connectivity index (χ4v) is 2.14. The van der Waals surface area contributed by atoms with Gasteiger partial charge in [-0.3, -0.25) is 4.79 Å². The predicted octanol–water partition coefficient (Wildman–Crippen LogP) is 5.46. The van der Waals surface area contributed by atoms with E-state index in [2.05, 4.69) is 48.1 Å². The van der Waals surface area contributed by atoms with E-state index in [-0.39, 0.29) is 5.97 Å². The van der Waals surface area contributed by atoms with E-state index in [9.17, 15) is 4.79 Å². The van der Waals surface area contributed by atoms with Gasteiger partial charge in [0.25, 0.3) is 0 Å². The molecule has 0 bridgehead atoms. The molecule has 0 spiro atoms. The standard InChI is InChI=1S/C20H34O3/c1-3-4-5-6-7-8-9-10-11-12-13-14-15-16-17-18-20(22)23-19(2)21/h4-5,7-8,10-11,19,21H,3,6,9,12-18H2,1-2H3/b5-4-,8-7-,11-10-. The first-order valence-corrected chi connectivity index (χ1v) is 8.99. The Morgan fingerprint density at radius 1 is 0.913 bits per heavy atom. The van der Waals surface area contributed by atoms with Gasteiger partial charge in [-0.15, -0.1) is 0 Å². The second-order valence-corrected chi connectivity index (χ2v) is 5.69. The van der Waals surface area contributed by atoms with Crippen LogP contribution in [0.15, 0.2) is 36.5 Å². The van der Waals surface area contributed by atoms with Gasteiger partial charge < -0.3 is 9.84 Å². The first-order chi connectivity index (χ1) is 11.2. The van der Waals surface area contributed by atoms with E-state index >= 15 is 0 Å². The van der Waals surface area contributed by atoms with Crippen molar-refractivity contribution in [3.05, 3.63) is 36.5 Å². The van der Waals surface area contributed by atoms with Crippen LogP contribution in [0.4, 0.5) is 0 Å². The number of allylic oxidation sites excluding steroid dienone is 6. The smallest absolute Gasteiger partial charge is 0.308 e. The normalized spacial score (nSPS) is 13.3. The topological polar surface area (TPSA) is 46.5 Å². The largest absolute Gasteiger partial charge is 0.436 e. The van der Waals surface area contributed by atoms with E-state index in [0.717, 1.165) is 44.9 Å². The van der Waals surface area contributed by atoms with Gasteiger partial charge in [0.1, 0.15) is 0 Å². The number of unbranched alkanes of at least 4 members (excludes halogenated alkanes) is 5. The Morgan fingerprint density at radius 3 is 2.13 bits per heavy atom. The van der Waals surface area contributed by atoms with Crippen LogP contribution in [0.5, 0.6) is 0 Å². The summed E-state index contributed by atoms with van der Waals surface area (Å²) in [7, 11) is 0. The molecule has 1 unspecified atom stereocenters. The van der Waals surface area contributed by atoms with Crippen molar-refractivity contribution in [1.29, 1.82) is 0 Å². The number of hydrogen-bond donors (Lipinski definition) is 1. The Bertz CT molecular complexity index is 354. The van der Waals surface area contributed by atoms with Crippen LogP contribution >= 0.6 is 0 Å². The van der Waals surface area contributed by atoms with Crippen molar-refractivity contribution in [2.75, 3.05) is 0 Å². The van der Waals surface area contributed by atoms with Crippen LogP contribution in [-0.4, -0.2) is 17.4 Å². The summed E-state index contributed by atoms with van der Waals surface area (Å²) < 4.78 is 4.67. The minimum Gasteiger partial charge on any atom is -0.436 e. The average Bonchev–Trinajstić information content (AvgIpc) is 2.50. The van der Waals surface area contributed by atoms with E-state index in [1.54, 1.807) is 0 Å². The average molecular weight is 322 g/mol. The highest BCUT2D eigenvalue weighted by Crippen LogP contribution is 2.08. The van der Waals surface area contributed by atoms with E-state index < -0.39 is 6.29 Å². The van der Waals surface area contributed by atoms with E-state index in [0.29, 0.717) is 6.42 Å². The first-order valence-electron chi connectivity index (χ1n) is 8.99. The van der Waals surface area contributed by atoms with Gasteiger partial charge in [0.05, 0.1) is 0 Å². The molecule has 23 heavy (non-hydrogen) atoms. The summed E-state index contributed by atoms with van der Waals surface area (Å²) in [5, 5.41) is 8.89. The van der Waals surface area contributed by atoms with Gasteiger partial charge in [-0.05, 0) is 45.4 Å². The maximum atomic E-state index is 11.2. The molecule has 0 aromatic heterocycles. The minimum absolute atomic E-state index is 0.304. The van der Waals surface area contributed by atoms with Crippen molar-refractivity contribution in [2.45, 2.75) is 84.3 Å². The zero-order valence-corrected chi connectivity index (χ0v) is 14.9. The fourth-order valence-electron chi connectivity index (χ4n) is 2.14. The highest BCUT2D eigenvalue weighted by atomic mass is 16.6. The van der Waals surface area contributed by atoms with E-state index in [1.165, 1.54) is 19.8 Å². The maximum absolute atomic E-state index is 11.2. The van der Waals surface area contributed by atoms with Crippen LogP contribution in [-0.2, 0) is 9.53 Å². The molecule has 1 atom stereocenters. The van der Waals surface area contributed by atoms with Gasteiger partial charge in [-0.1, -0.05) is 62.6 Å². The Morgan fingerprint density at radius 2 is 1.48 bits per heavy atom. The molecule has 3 nitrogen and oxygen atoms in total. The Balaban J connectivity index is 3.31. The van der Waals surface area contributed by atoms with Gasteiger partial charge in [-0.2, -0.15) is 0 Å². The molecule has 0 rings (SSSR count). The van der Waals surface area contributed by atoms with Crippen LogP contribution in [0.1, 0.15) is 78.1 Å². The lowest BCUT2D eigenvalue weighted by Crippen LogP contribution is -2.13. The zero-order chi connectivity index (χ0) is 17.2. The number of ether oxygens (including phenoxy) is 1. The SMILES string of the molecule is CC/C=C\C/C=C\C/C=C\CCCCCCCC(=O)OC(C)O. The third-order valence-electron chi connectivity index (χ3n) is 3.33. The molecular weight excluding hydrogens is 288 g/mol. The summed E-state index contributed by atoms with van der Waals surface area (Å²) >= 11 is 0. The molecule has 0 heterocycles. The lowest BCUT2D eigenvalue weighted by atomic mass is 10.1. The van der Waals surface area contributed by atoms with Gasteiger partial charge >= 0.3 is 5.97 Å². The molecule has 3 heteroatoms. The molecule has 1 N–H and O–H groups in total. The van der Waals surface area contributed by atoms with Gasteiger partial charge in [0, 0.05) is 6.42 Å². The van der Waals surface area contributed by atoms with Crippen molar-refractivity contribution in [3.8, 4) is 0 Å². The lowest BCUT2D eigenvalue weighted by molar-refractivity contribution is -0.164. The molecule has 0 fully saturated rings. The van der Waals surface area contributed by atoms with Crippen LogP contribution in [0.3, 0.4) is 0 Å². The molecule has 0 aliphatic carbocycles. The van der Waals surface area contributed by atoms with Gasteiger partial charge in [-0.25, -0.2) is 0 Å².